The van der Waals surface area contributed by atoms with Gasteiger partial charge >= 0.3 is 0 Å². The Bertz CT molecular complexity index is 1090. The summed E-state index contributed by atoms with van der Waals surface area (Å²) in [5.74, 6) is -0.458. The Hall–Kier alpha value is -3.55. The molecule has 0 aliphatic carbocycles. The molecular weight excluding hydrogens is 387 g/mol. The third-order valence-corrected chi connectivity index (χ3v) is 4.70. The lowest BCUT2D eigenvalue weighted by Gasteiger charge is -2.19. The van der Waals surface area contributed by atoms with Crippen LogP contribution >= 0.6 is 0 Å². The lowest BCUT2D eigenvalue weighted by molar-refractivity contribution is 0.0640. The molecule has 4 rings (SSSR count). The van der Waals surface area contributed by atoms with Gasteiger partial charge in [-0.1, -0.05) is 26.0 Å². The van der Waals surface area contributed by atoms with Crippen LogP contribution in [0.2, 0.25) is 0 Å². The highest BCUT2D eigenvalue weighted by Crippen LogP contribution is 2.31. The number of imide groups is 1. The third-order valence-electron chi connectivity index (χ3n) is 4.70. The number of ether oxygens (including phenoxy) is 1. The second-order valence-electron chi connectivity index (χ2n) is 6.44. The zero-order chi connectivity index (χ0) is 22.0. The Labute approximate surface area is 174 Å². The van der Waals surface area contributed by atoms with Crippen molar-refractivity contribution < 1.29 is 18.7 Å². The number of aromatic nitrogens is 3. The molecule has 30 heavy (non-hydrogen) atoms. The molecule has 0 unspecified atom stereocenters. The van der Waals surface area contributed by atoms with E-state index in [-0.39, 0.29) is 17.9 Å². The minimum atomic E-state index is -0.649. The van der Waals surface area contributed by atoms with Gasteiger partial charge in [0, 0.05) is 5.56 Å². The van der Waals surface area contributed by atoms with Gasteiger partial charge in [0.2, 0.25) is 0 Å². The normalized spacial score (nSPS) is 12.5. The molecule has 0 N–H and O–H groups in total. The Morgan fingerprint density at radius 2 is 1.60 bits per heavy atom. The van der Waals surface area contributed by atoms with Crippen molar-refractivity contribution in [2.45, 2.75) is 34.2 Å². The molecule has 156 valence electrons. The number of amides is 2. The Balaban J connectivity index is 0.00000124. The van der Waals surface area contributed by atoms with Crippen molar-refractivity contribution in [2.75, 3.05) is 7.11 Å². The van der Waals surface area contributed by atoms with Crippen LogP contribution in [0.3, 0.4) is 0 Å². The molecular formula is C22H23FN4O3. The number of aryl methyl sites for hydroxylation is 2. The summed E-state index contributed by atoms with van der Waals surface area (Å²) >= 11 is 0. The summed E-state index contributed by atoms with van der Waals surface area (Å²) in [7, 11) is 1.36. The van der Waals surface area contributed by atoms with Crippen LogP contribution < -0.4 is 4.74 Å². The number of rotatable bonds is 4. The lowest BCUT2D eigenvalue weighted by Crippen LogP contribution is -2.30. The number of methoxy groups -OCH3 is 1. The largest absolute Gasteiger partial charge is 0.494 e. The van der Waals surface area contributed by atoms with Gasteiger partial charge in [-0.05, 0) is 38.1 Å². The summed E-state index contributed by atoms with van der Waals surface area (Å²) in [6.45, 7) is 7.23. The number of carbonyl (C=O) groups is 2. The monoisotopic (exact) mass is 410 g/mol. The topological polar surface area (TPSA) is 77.3 Å². The molecule has 0 spiro atoms. The lowest BCUT2D eigenvalue weighted by atomic mass is 10.1. The highest BCUT2D eigenvalue weighted by molar-refractivity contribution is 6.21. The molecule has 8 heteroatoms. The van der Waals surface area contributed by atoms with E-state index in [0.717, 1.165) is 4.90 Å². The SMILES string of the molecule is CC.COc1ccc(-n2nc(C)nc2C)c(CN2C(=O)c3ccccc3C2=O)c1F. The Kier molecular flexibility index (Phi) is 5.96. The maximum absolute atomic E-state index is 15.2. The number of hydrogen-bond donors (Lipinski definition) is 0. The summed E-state index contributed by atoms with van der Waals surface area (Å²) in [5.41, 5.74) is 1.14. The first-order valence-corrected chi connectivity index (χ1v) is 9.63. The summed E-state index contributed by atoms with van der Waals surface area (Å²) in [4.78, 5) is 30.7. The van der Waals surface area contributed by atoms with Crippen LogP contribution in [-0.2, 0) is 6.54 Å². The second-order valence-corrected chi connectivity index (χ2v) is 6.44. The van der Waals surface area contributed by atoms with Gasteiger partial charge < -0.3 is 4.74 Å². The van der Waals surface area contributed by atoms with Gasteiger partial charge in [-0.2, -0.15) is 5.10 Å². The number of hydrogen-bond acceptors (Lipinski definition) is 5. The number of benzene rings is 2. The molecule has 0 bridgehead atoms. The molecule has 2 aromatic carbocycles. The average Bonchev–Trinajstić information content (AvgIpc) is 3.21. The van der Waals surface area contributed by atoms with Crippen LogP contribution in [0.15, 0.2) is 36.4 Å². The molecule has 7 nitrogen and oxygen atoms in total. The minimum absolute atomic E-state index is 0.0184. The van der Waals surface area contributed by atoms with Crippen molar-refractivity contribution in [3.63, 3.8) is 0 Å². The third kappa shape index (κ3) is 3.45. The van der Waals surface area contributed by atoms with Gasteiger partial charge in [-0.15, -0.1) is 0 Å². The van der Waals surface area contributed by atoms with Gasteiger partial charge in [-0.3, -0.25) is 14.5 Å². The molecule has 0 atom stereocenters. The smallest absolute Gasteiger partial charge is 0.261 e. The van der Waals surface area contributed by atoms with E-state index in [2.05, 4.69) is 10.1 Å². The van der Waals surface area contributed by atoms with E-state index in [1.165, 1.54) is 17.9 Å². The van der Waals surface area contributed by atoms with E-state index in [1.54, 1.807) is 44.2 Å². The maximum atomic E-state index is 15.2. The number of halogens is 1. The van der Waals surface area contributed by atoms with E-state index in [4.69, 9.17) is 4.74 Å². The number of nitrogens with zero attached hydrogens (tertiary/aromatic N) is 4. The molecule has 0 saturated heterocycles. The average molecular weight is 410 g/mol. The van der Waals surface area contributed by atoms with Gasteiger partial charge in [0.05, 0.1) is 30.5 Å². The van der Waals surface area contributed by atoms with Crippen molar-refractivity contribution in [3.05, 3.63) is 70.6 Å². The number of fused-ring (bicyclic) bond motifs is 1. The molecule has 1 aliphatic heterocycles. The molecule has 1 aromatic heterocycles. The minimum Gasteiger partial charge on any atom is -0.494 e. The van der Waals surface area contributed by atoms with Crippen LogP contribution in [0.1, 0.15) is 51.8 Å². The first-order chi connectivity index (χ1) is 14.4. The molecule has 0 saturated carbocycles. The predicted molar refractivity (Wildman–Crippen MR) is 109 cm³/mol. The molecule has 2 amide bonds. The Morgan fingerprint density at radius 1 is 1.00 bits per heavy atom. The van der Waals surface area contributed by atoms with Gasteiger partial charge in [-0.25, -0.2) is 14.1 Å². The van der Waals surface area contributed by atoms with Crippen LogP contribution in [0.5, 0.6) is 5.75 Å². The van der Waals surface area contributed by atoms with Crippen molar-refractivity contribution in [1.29, 1.82) is 0 Å². The fourth-order valence-electron chi connectivity index (χ4n) is 3.39. The van der Waals surface area contributed by atoms with Gasteiger partial charge in [0.1, 0.15) is 11.6 Å². The van der Waals surface area contributed by atoms with E-state index in [9.17, 15) is 9.59 Å². The van der Waals surface area contributed by atoms with Crippen molar-refractivity contribution in [3.8, 4) is 11.4 Å². The van der Waals surface area contributed by atoms with Crippen molar-refractivity contribution in [1.82, 2.24) is 19.7 Å². The molecule has 2 heterocycles. The summed E-state index contributed by atoms with van der Waals surface area (Å²) in [5, 5.41) is 4.30. The Morgan fingerprint density at radius 3 is 2.10 bits per heavy atom. The zero-order valence-corrected chi connectivity index (χ0v) is 17.6. The van der Waals surface area contributed by atoms with E-state index < -0.39 is 17.6 Å². The highest BCUT2D eigenvalue weighted by atomic mass is 19.1. The van der Waals surface area contributed by atoms with Gasteiger partial charge in [0.25, 0.3) is 11.8 Å². The molecule has 0 radical (unpaired) electrons. The van der Waals surface area contributed by atoms with Crippen molar-refractivity contribution >= 4 is 11.8 Å². The van der Waals surface area contributed by atoms with Crippen LogP contribution in [0, 0.1) is 19.7 Å². The number of carbonyl (C=O) groups excluding carboxylic acids is 2. The highest BCUT2D eigenvalue weighted by Gasteiger charge is 2.36. The quantitative estimate of drug-likeness (QED) is 0.611. The van der Waals surface area contributed by atoms with E-state index in [0.29, 0.717) is 28.5 Å². The van der Waals surface area contributed by atoms with Crippen molar-refractivity contribution in [2.24, 2.45) is 0 Å². The zero-order valence-electron chi connectivity index (χ0n) is 17.6. The molecule has 1 aliphatic rings. The van der Waals surface area contributed by atoms with E-state index in [1.807, 2.05) is 13.8 Å². The maximum Gasteiger partial charge on any atom is 0.261 e. The first kappa shape index (κ1) is 21.2. The van der Waals surface area contributed by atoms with Crippen LogP contribution in [0.4, 0.5) is 4.39 Å². The first-order valence-electron chi connectivity index (χ1n) is 9.63. The summed E-state index contributed by atoms with van der Waals surface area (Å²) in [6, 6.07) is 9.66. The second kappa shape index (κ2) is 8.44. The fourth-order valence-corrected chi connectivity index (χ4v) is 3.39. The molecule has 0 fully saturated rings. The van der Waals surface area contributed by atoms with E-state index >= 15 is 4.39 Å². The summed E-state index contributed by atoms with van der Waals surface area (Å²) < 4.78 is 21.7. The van der Waals surface area contributed by atoms with Crippen LogP contribution in [-0.4, -0.2) is 38.6 Å². The van der Waals surface area contributed by atoms with Gasteiger partial charge in [0.15, 0.2) is 11.6 Å². The predicted octanol–water partition coefficient (Wildman–Crippen LogP) is 3.85. The fraction of sp³-hybridized carbons (Fsp3) is 0.273. The summed E-state index contributed by atoms with van der Waals surface area (Å²) in [6.07, 6.45) is 0. The van der Waals surface area contributed by atoms with Crippen LogP contribution in [0.25, 0.3) is 5.69 Å². The molecule has 3 aromatic rings. The standard InChI is InChI=1S/C20H17FN4O3.C2H6/c1-11-22-12(2)25(23-11)16-8-9-17(28-3)18(21)15(16)10-24-19(26)13-6-4-5-7-14(13)20(24)27;1-2/h4-9H,10H2,1-3H3;1-2H3.